The average molecular weight is 236 g/mol. The number of ether oxygens (including phenoxy) is 1. The second kappa shape index (κ2) is 7.30. The standard InChI is InChI=1S/C14H24N2O/c1-4-10-16(5-2)11-14(15)12-6-8-13(17-3)9-7-12/h6-9,14H,4-5,10-11,15H2,1-3H3. The van der Waals surface area contributed by atoms with E-state index in [2.05, 4.69) is 18.7 Å². The van der Waals surface area contributed by atoms with E-state index < -0.39 is 0 Å². The van der Waals surface area contributed by atoms with Crippen LogP contribution in [0.4, 0.5) is 0 Å². The zero-order valence-electron chi connectivity index (χ0n) is 11.1. The summed E-state index contributed by atoms with van der Waals surface area (Å²) in [6.07, 6.45) is 1.17. The number of rotatable bonds is 7. The summed E-state index contributed by atoms with van der Waals surface area (Å²) in [4.78, 5) is 2.38. The largest absolute Gasteiger partial charge is 0.497 e. The molecule has 0 bridgehead atoms. The van der Waals surface area contributed by atoms with Crippen LogP contribution in [0.25, 0.3) is 0 Å². The van der Waals surface area contributed by atoms with Gasteiger partial charge in [-0.1, -0.05) is 26.0 Å². The Morgan fingerprint density at radius 3 is 2.35 bits per heavy atom. The summed E-state index contributed by atoms with van der Waals surface area (Å²) >= 11 is 0. The molecular weight excluding hydrogens is 212 g/mol. The molecule has 1 aromatic rings. The van der Waals surface area contributed by atoms with Crippen LogP contribution in [0, 0.1) is 0 Å². The molecule has 0 saturated carbocycles. The predicted octanol–water partition coefficient (Wildman–Crippen LogP) is 2.43. The lowest BCUT2D eigenvalue weighted by atomic mass is 10.1. The summed E-state index contributed by atoms with van der Waals surface area (Å²) in [5, 5.41) is 0. The summed E-state index contributed by atoms with van der Waals surface area (Å²) < 4.78 is 5.14. The van der Waals surface area contributed by atoms with Crippen LogP contribution in [-0.4, -0.2) is 31.6 Å². The molecule has 0 amide bonds. The monoisotopic (exact) mass is 236 g/mol. The van der Waals surface area contributed by atoms with Crippen LogP contribution >= 0.6 is 0 Å². The zero-order chi connectivity index (χ0) is 12.7. The highest BCUT2D eigenvalue weighted by Gasteiger charge is 2.10. The molecule has 3 heteroatoms. The number of nitrogens with zero attached hydrogens (tertiary/aromatic N) is 1. The number of methoxy groups -OCH3 is 1. The van der Waals surface area contributed by atoms with Gasteiger partial charge in [0.15, 0.2) is 0 Å². The molecule has 1 aromatic carbocycles. The third kappa shape index (κ3) is 4.36. The van der Waals surface area contributed by atoms with Gasteiger partial charge >= 0.3 is 0 Å². The highest BCUT2D eigenvalue weighted by molar-refractivity contribution is 5.29. The van der Waals surface area contributed by atoms with Gasteiger partial charge in [-0.05, 0) is 37.2 Å². The first-order chi connectivity index (χ1) is 8.21. The Labute approximate surface area is 105 Å². The van der Waals surface area contributed by atoms with Gasteiger partial charge in [-0.15, -0.1) is 0 Å². The number of hydrogen-bond donors (Lipinski definition) is 1. The smallest absolute Gasteiger partial charge is 0.118 e. The molecule has 96 valence electrons. The van der Waals surface area contributed by atoms with E-state index in [0.717, 1.165) is 25.4 Å². The maximum Gasteiger partial charge on any atom is 0.118 e. The average Bonchev–Trinajstić information content (AvgIpc) is 2.38. The minimum absolute atomic E-state index is 0.0763. The molecule has 0 aromatic heterocycles. The fraction of sp³-hybridized carbons (Fsp3) is 0.571. The van der Waals surface area contributed by atoms with E-state index in [4.69, 9.17) is 10.5 Å². The Bertz CT molecular complexity index is 311. The second-order valence-electron chi connectivity index (χ2n) is 4.27. The SMILES string of the molecule is CCCN(CC)CC(N)c1ccc(OC)cc1. The van der Waals surface area contributed by atoms with Gasteiger partial charge in [0.05, 0.1) is 7.11 Å². The van der Waals surface area contributed by atoms with Crippen LogP contribution < -0.4 is 10.5 Å². The molecule has 3 nitrogen and oxygen atoms in total. The molecule has 0 radical (unpaired) electrons. The van der Waals surface area contributed by atoms with Crippen molar-refractivity contribution in [1.29, 1.82) is 0 Å². The van der Waals surface area contributed by atoms with E-state index in [-0.39, 0.29) is 6.04 Å². The van der Waals surface area contributed by atoms with E-state index >= 15 is 0 Å². The molecule has 1 unspecified atom stereocenters. The van der Waals surface area contributed by atoms with Crippen LogP contribution in [0.5, 0.6) is 5.75 Å². The molecule has 0 spiro atoms. The lowest BCUT2D eigenvalue weighted by Crippen LogP contribution is -2.32. The number of likely N-dealkylation sites (N-methyl/N-ethyl adjacent to an activating group) is 1. The quantitative estimate of drug-likeness (QED) is 0.790. The first kappa shape index (κ1) is 14.0. The van der Waals surface area contributed by atoms with Crippen molar-refractivity contribution in [2.24, 2.45) is 5.73 Å². The van der Waals surface area contributed by atoms with Crippen molar-refractivity contribution in [2.75, 3.05) is 26.7 Å². The Morgan fingerprint density at radius 1 is 1.24 bits per heavy atom. The predicted molar refractivity (Wildman–Crippen MR) is 72.3 cm³/mol. The Balaban J connectivity index is 2.58. The van der Waals surface area contributed by atoms with Crippen molar-refractivity contribution in [3.8, 4) is 5.75 Å². The fourth-order valence-corrected chi connectivity index (χ4v) is 1.93. The summed E-state index contributed by atoms with van der Waals surface area (Å²) in [7, 11) is 1.68. The molecule has 0 aliphatic heterocycles. The van der Waals surface area contributed by atoms with Gasteiger partial charge in [0, 0.05) is 12.6 Å². The summed E-state index contributed by atoms with van der Waals surface area (Å²) in [6.45, 7) is 7.45. The van der Waals surface area contributed by atoms with Crippen LogP contribution in [0.2, 0.25) is 0 Å². The normalized spacial score (nSPS) is 12.8. The highest BCUT2D eigenvalue weighted by atomic mass is 16.5. The zero-order valence-corrected chi connectivity index (χ0v) is 11.1. The maximum absolute atomic E-state index is 6.21. The Kier molecular flexibility index (Phi) is 6.01. The minimum Gasteiger partial charge on any atom is -0.497 e. The van der Waals surface area contributed by atoms with Crippen molar-refractivity contribution in [3.63, 3.8) is 0 Å². The van der Waals surface area contributed by atoms with Crippen LogP contribution in [0.1, 0.15) is 31.9 Å². The summed E-state index contributed by atoms with van der Waals surface area (Å²) in [5.74, 6) is 0.877. The van der Waals surface area contributed by atoms with Gasteiger partial charge in [-0.25, -0.2) is 0 Å². The van der Waals surface area contributed by atoms with E-state index in [0.29, 0.717) is 0 Å². The number of nitrogens with two attached hydrogens (primary N) is 1. The lowest BCUT2D eigenvalue weighted by Gasteiger charge is -2.23. The number of hydrogen-bond acceptors (Lipinski definition) is 3. The van der Waals surface area contributed by atoms with Crippen LogP contribution in [-0.2, 0) is 0 Å². The van der Waals surface area contributed by atoms with E-state index in [1.807, 2.05) is 24.3 Å². The third-order valence-corrected chi connectivity index (χ3v) is 2.99. The highest BCUT2D eigenvalue weighted by Crippen LogP contribution is 2.16. The number of benzene rings is 1. The molecule has 0 aliphatic carbocycles. The van der Waals surface area contributed by atoms with E-state index in [1.54, 1.807) is 7.11 Å². The summed E-state index contributed by atoms with van der Waals surface area (Å²) in [5.41, 5.74) is 7.38. The minimum atomic E-state index is 0.0763. The molecule has 1 rings (SSSR count). The maximum atomic E-state index is 6.21. The van der Waals surface area contributed by atoms with Crippen molar-refractivity contribution in [3.05, 3.63) is 29.8 Å². The molecule has 0 heterocycles. The molecule has 0 saturated heterocycles. The third-order valence-electron chi connectivity index (χ3n) is 2.99. The van der Waals surface area contributed by atoms with Gasteiger partial charge < -0.3 is 15.4 Å². The lowest BCUT2D eigenvalue weighted by molar-refractivity contribution is 0.271. The summed E-state index contributed by atoms with van der Waals surface area (Å²) in [6, 6.07) is 8.09. The van der Waals surface area contributed by atoms with Crippen molar-refractivity contribution in [2.45, 2.75) is 26.3 Å². The topological polar surface area (TPSA) is 38.5 Å². The molecule has 1 atom stereocenters. The molecular formula is C14H24N2O. The van der Waals surface area contributed by atoms with Crippen molar-refractivity contribution in [1.82, 2.24) is 4.90 Å². The van der Waals surface area contributed by atoms with Crippen molar-refractivity contribution < 1.29 is 4.74 Å². The van der Waals surface area contributed by atoms with Gasteiger partial charge in [0.1, 0.15) is 5.75 Å². The van der Waals surface area contributed by atoms with Gasteiger partial charge in [0.2, 0.25) is 0 Å². The van der Waals surface area contributed by atoms with E-state index in [1.165, 1.54) is 12.0 Å². The van der Waals surface area contributed by atoms with Gasteiger partial charge in [-0.3, -0.25) is 0 Å². The Morgan fingerprint density at radius 2 is 1.88 bits per heavy atom. The van der Waals surface area contributed by atoms with Gasteiger partial charge in [-0.2, -0.15) is 0 Å². The molecule has 0 fully saturated rings. The van der Waals surface area contributed by atoms with E-state index in [9.17, 15) is 0 Å². The molecule has 0 aliphatic rings. The second-order valence-corrected chi connectivity index (χ2v) is 4.27. The van der Waals surface area contributed by atoms with Crippen LogP contribution in [0.3, 0.4) is 0 Å². The molecule has 17 heavy (non-hydrogen) atoms. The first-order valence-corrected chi connectivity index (χ1v) is 6.33. The van der Waals surface area contributed by atoms with Crippen LogP contribution in [0.15, 0.2) is 24.3 Å². The molecule has 2 N–H and O–H groups in total. The Hall–Kier alpha value is -1.06. The first-order valence-electron chi connectivity index (χ1n) is 6.33. The van der Waals surface area contributed by atoms with Crippen molar-refractivity contribution >= 4 is 0 Å². The van der Waals surface area contributed by atoms with Gasteiger partial charge in [0.25, 0.3) is 0 Å². The fourth-order valence-electron chi connectivity index (χ4n) is 1.93.